The molecule has 0 saturated carbocycles. The number of carbonyl (C=O) groups is 2. The monoisotopic (exact) mass is 262 g/mol. The SMILES string of the molecule is O=C(O)c1cnncc1C(=O)c1ccc(Cl)cc1. The van der Waals surface area contributed by atoms with Crippen LogP contribution < -0.4 is 0 Å². The second kappa shape index (κ2) is 4.93. The fraction of sp³-hybridized carbons (Fsp3) is 0. The van der Waals surface area contributed by atoms with Gasteiger partial charge in [-0.3, -0.25) is 4.79 Å². The average Bonchev–Trinajstić information content (AvgIpc) is 2.39. The molecule has 0 saturated heterocycles. The maximum absolute atomic E-state index is 12.1. The van der Waals surface area contributed by atoms with Gasteiger partial charge in [-0.2, -0.15) is 10.2 Å². The van der Waals surface area contributed by atoms with E-state index in [0.717, 1.165) is 12.4 Å². The molecule has 18 heavy (non-hydrogen) atoms. The van der Waals surface area contributed by atoms with Crippen molar-refractivity contribution in [2.45, 2.75) is 0 Å². The lowest BCUT2D eigenvalue weighted by atomic mass is 10.0. The van der Waals surface area contributed by atoms with Crippen molar-refractivity contribution in [3.05, 3.63) is 58.4 Å². The number of aromatic carboxylic acids is 1. The minimum absolute atomic E-state index is 0.000164. The number of nitrogens with zero attached hydrogens (tertiary/aromatic N) is 2. The summed E-state index contributed by atoms with van der Waals surface area (Å²) in [6.07, 6.45) is 2.19. The number of carboxylic acids is 1. The van der Waals surface area contributed by atoms with E-state index in [9.17, 15) is 9.59 Å². The van der Waals surface area contributed by atoms with E-state index in [1.54, 1.807) is 12.1 Å². The van der Waals surface area contributed by atoms with E-state index in [4.69, 9.17) is 16.7 Å². The highest BCUT2D eigenvalue weighted by Gasteiger charge is 2.18. The molecule has 1 heterocycles. The van der Waals surface area contributed by atoms with Crippen LogP contribution in [0.1, 0.15) is 26.3 Å². The van der Waals surface area contributed by atoms with E-state index in [1.807, 2.05) is 0 Å². The van der Waals surface area contributed by atoms with Gasteiger partial charge in [-0.05, 0) is 24.3 Å². The minimum Gasteiger partial charge on any atom is -0.478 e. The summed E-state index contributed by atoms with van der Waals surface area (Å²) in [5, 5.41) is 16.4. The predicted octanol–water partition coefficient (Wildman–Crippen LogP) is 2.06. The van der Waals surface area contributed by atoms with Gasteiger partial charge in [0.25, 0.3) is 0 Å². The van der Waals surface area contributed by atoms with Gasteiger partial charge in [-0.1, -0.05) is 11.6 Å². The molecular formula is C12H7ClN2O3. The first kappa shape index (κ1) is 12.2. The Bertz CT molecular complexity index is 611. The van der Waals surface area contributed by atoms with Crippen molar-refractivity contribution >= 4 is 23.4 Å². The van der Waals surface area contributed by atoms with Crippen LogP contribution in [0.3, 0.4) is 0 Å². The third-order valence-electron chi connectivity index (χ3n) is 2.31. The molecule has 0 radical (unpaired) electrons. The van der Waals surface area contributed by atoms with Crippen LogP contribution in [0.4, 0.5) is 0 Å². The number of carbonyl (C=O) groups excluding carboxylic acids is 1. The molecule has 0 unspecified atom stereocenters. The van der Waals surface area contributed by atoms with E-state index < -0.39 is 11.8 Å². The van der Waals surface area contributed by atoms with E-state index in [-0.39, 0.29) is 11.1 Å². The van der Waals surface area contributed by atoms with Gasteiger partial charge in [0.2, 0.25) is 0 Å². The summed E-state index contributed by atoms with van der Waals surface area (Å²) in [6.45, 7) is 0. The van der Waals surface area contributed by atoms with Crippen LogP contribution >= 0.6 is 11.6 Å². The van der Waals surface area contributed by atoms with Crippen LogP contribution in [0.5, 0.6) is 0 Å². The third-order valence-corrected chi connectivity index (χ3v) is 2.56. The van der Waals surface area contributed by atoms with E-state index in [1.165, 1.54) is 12.1 Å². The Balaban J connectivity index is 2.46. The van der Waals surface area contributed by atoms with Crippen LogP contribution in [0.15, 0.2) is 36.7 Å². The zero-order valence-corrected chi connectivity index (χ0v) is 9.76. The number of ketones is 1. The van der Waals surface area contributed by atoms with Crippen LogP contribution in [0.2, 0.25) is 5.02 Å². The predicted molar refractivity (Wildman–Crippen MR) is 63.9 cm³/mol. The highest BCUT2D eigenvalue weighted by atomic mass is 35.5. The quantitative estimate of drug-likeness (QED) is 0.857. The summed E-state index contributed by atoms with van der Waals surface area (Å²) in [5.41, 5.74) is 0.166. The highest BCUT2D eigenvalue weighted by molar-refractivity contribution is 6.30. The lowest BCUT2D eigenvalue weighted by Gasteiger charge is -2.03. The molecule has 1 aromatic carbocycles. The maximum atomic E-state index is 12.1. The van der Waals surface area contributed by atoms with Crippen molar-refractivity contribution in [3.8, 4) is 0 Å². The number of aromatic nitrogens is 2. The van der Waals surface area contributed by atoms with E-state index in [0.29, 0.717) is 10.6 Å². The summed E-state index contributed by atoms with van der Waals surface area (Å²) in [5.74, 6) is -1.65. The van der Waals surface area contributed by atoms with Crippen molar-refractivity contribution < 1.29 is 14.7 Å². The molecule has 0 aliphatic carbocycles. The zero-order valence-electron chi connectivity index (χ0n) is 9.00. The first-order chi connectivity index (χ1) is 8.59. The van der Waals surface area contributed by atoms with E-state index >= 15 is 0 Å². The molecule has 2 aromatic rings. The molecule has 5 nitrogen and oxygen atoms in total. The number of hydrogen-bond acceptors (Lipinski definition) is 4. The van der Waals surface area contributed by atoms with Crippen LogP contribution in [0, 0.1) is 0 Å². The molecule has 0 amide bonds. The molecule has 0 aliphatic heterocycles. The Hall–Kier alpha value is -2.27. The lowest BCUT2D eigenvalue weighted by Crippen LogP contribution is -2.11. The summed E-state index contributed by atoms with van der Waals surface area (Å²) in [6, 6.07) is 6.17. The molecule has 1 aromatic heterocycles. The largest absolute Gasteiger partial charge is 0.478 e. The summed E-state index contributed by atoms with van der Waals surface area (Å²) in [7, 11) is 0. The average molecular weight is 263 g/mol. The van der Waals surface area contributed by atoms with Crippen LogP contribution in [0.25, 0.3) is 0 Å². The molecule has 2 rings (SSSR count). The molecule has 90 valence electrons. The molecule has 0 aliphatic rings. The Kier molecular flexibility index (Phi) is 3.34. The molecule has 1 N–H and O–H groups in total. The zero-order chi connectivity index (χ0) is 13.1. The molecule has 0 atom stereocenters. The van der Waals surface area contributed by atoms with Gasteiger partial charge < -0.3 is 5.11 Å². The van der Waals surface area contributed by atoms with Gasteiger partial charge in [0.15, 0.2) is 5.78 Å². The number of rotatable bonds is 3. The van der Waals surface area contributed by atoms with Crippen molar-refractivity contribution in [2.75, 3.05) is 0 Å². The molecule has 0 spiro atoms. The number of carboxylic acid groups (broad SMARTS) is 1. The third kappa shape index (κ3) is 2.36. The smallest absolute Gasteiger partial charge is 0.338 e. The van der Waals surface area contributed by atoms with E-state index in [2.05, 4.69) is 10.2 Å². The minimum atomic E-state index is -1.22. The Morgan fingerprint density at radius 3 is 2.11 bits per heavy atom. The van der Waals surface area contributed by atoms with Gasteiger partial charge in [0.1, 0.15) is 0 Å². The number of hydrogen-bond donors (Lipinski definition) is 1. The normalized spacial score (nSPS) is 10.1. The van der Waals surface area contributed by atoms with Gasteiger partial charge in [0, 0.05) is 10.6 Å². The first-order valence-corrected chi connectivity index (χ1v) is 5.31. The first-order valence-electron chi connectivity index (χ1n) is 4.94. The van der Waals surface area contributed by atoms with Crippen molar-refractivity contribution in [2.24, 2.45) is 0 Å². The van der Waals surface area contributed by atoms with Crippen LogP contribution in [-0.2, 0) is 0 Å². The topological polar surface area (TPSA) is 80.2 Å². The van der Waals surface area contributed by atoms with Crippen molar-refractivity contribution in [1.82, 2.24) is 10.2 Å². The Morgan fingerprint density at radius 2 is 1.56 bits per heavy atom. The fourth-order valence-electron chi connectivity index (χ4n) is 1.43. The highest BCUT2D eigenvalue weighted by Crippen LogP contribution is 2.15. The number of halogens is 1. The summed E-state index contributed by atoms with van der Waals surface area (Å²) in [4.78, 5) is 23.1. The van der Waals surface area contributed by atoms with Gasteiger partial charge >= 0.3 is 5.97 Å². The van der Waals surface area contributed by atoms with Gasteiger partial charge in [-0.15, -0.1) is 0 Å². The van der Waals surface area contributed by atoms with Crippen molar-refractivity contribution in [1.29, 1.82) is 0 Å². The lowest BCUT2D eigenvalue weighted by molar-refractivity contribution is 0.0692. The van der Waals surface area contributed by atoms with Gasteiger partial charge in [0.05, 0.1) is 23.5 Å². The second-order valence-corrected chi connectivity index (χ2v) is 3.89. The molecular weight excluding hydrogens is 256 g/mol. The Labute approximate surface area is 107 Å². The maximum Gasteiger partial charge on any atom is 0.338 e. The molecule has 6 heteroatoms. The summed E-state index contributed by atoms with van der Waals surface area (Å²) >= 11 is 5.72. The number of benzene rings is 1. The molecule has 0 bridgehead atoms. The summed E-state index contributed by atoms with van der Waals surface area (Å²) < 4.78 is 0. The standard InChI is InChI=1S/C12H7ClN2O3/c13-8-3-1-7(2-4-8)11(16)9-5-14-15-6-10(9)12(17)18/h1-6H,(H,17,18). The fourth-order valence-corrected chi connectivity index (χ4v) is 1.56. The van der Waals surface area contributed by atoms with Crippen molar-refractivity contribution in [3.63, 3.8) is 0 Å². The van der Waals surface area contributed by atoms with Gasteiger partial charge in [-0.25, -0.2) is 4.79 Å². The van der Waals surface area contributed by atoms with Crippen LogP contribution in [-0.4, -0.2) is 27.1 Å². The molecule has 0 fully saturated rings. The second-order valence-electron chi connectivity index (χ2n) is 3.46. The Morgan fingerprint density at radius 1 is 1.00 bits per heavy atom.